The molecule has 3 rings (SSSR count). The molecule has 0 spiro atoms. The fourth-order valence-electron chi connectivity index (χ4n) is 2.66. The first-order valence-electron chi connectivity index (χ1n) is 8.48. The zero-order valence-corrected chi connectivity index (χ0v) is 16.9. The molecule has 1 unspecified atom stereocenters. The van der Waals surface area contributed by atoms with Gasteiger partial charge < -0.3 is 9.30 Å². The number of aromatic nitrogens is 1. The van der Waals surface area contributed by atoms with Gasteiger partial charge >= 0.3 is 5.97 Å². The van der Waals surface area contributed by atoms with E-state index in [1.54, 1.807) is 30.5 Å². The SMILES string of the molecule is CCOC(=O)C(C)n1c(=NS(=O)(=O)c2ccc(C)cc2)sc2ccccc21. The third kappa shape index (κ3) is 3.96. The third-order valence-electron chi connectivity index (χ3n) is 4.06. The molecule has 0 fully saturated rings. The van der Waals surface area contributed by atoms with Crippen LogP contribution in [0, 0.1) is 6.92 Å². The second-order valence-electron chi connectivity index (χ2n) is 6.03. The van der Waals surface area contributed by atoms with Crippen LogP contribution in [-0.4, -0.2) is 25.6 Å². The van der Waals surface area contributed by atoms with E-state index in [1.165, 1.54) is 23.5 Å². The molecule has 142 valence electrons. The van der Waals surface area contributed by atoms with Gasteiger partial charge in [-0.05, 0) is 45.0 Å². The number of hydrogen-bond acceptors (Lipinski definition) is 5. The molecular weight excluding hydrogens is 384 g/mol. The summed E-state index contributed by atoms with van der Waals surface area (Å²) in [6.45, 7) is 5.54. The van der Waals surface area contributed by atoms with Crippen LogP contribution < -0.4 is 4.80 Å². The van der Waals surface area contributed by atoms with Crippen LogP contribution in [0.1, 0.15) is 25.5 Å². The maximum Gasteiger partial charge on any atom is 0.328 e. The molecule has 6 nitrogen and oxygen atoms in total. The van der Waals surface area contributed by atoms with Crippen molar-refractivity contribution in [3.8, 4) is 0 Å². The predicted molar refractivity (Wildman–Crippen MR) is 105 cm³/mol. The largest absolute Gasteiger partial charge is 0.464 e. The highest BCUT2D eigenvalue weighted by Gasteiger charge is 2.22. The van der Waals surface area contributed by atoms with Crippen molar-refractivity contribution < 1.29 is 17.9 Å². The summed E-state index contributed by atoms with van der Waals surface area (Å²) in [5, 5.41) is 0. The Labute approximate surface area is 161 Å². The summed E-state index contributed by atoms with van der Waals surface area (Å²) in [5.74, 6) is -0.435. The number of nitrogens with zero attached hydrogens (tertiary/aromatic N) is 2. The van der Waals surface area contributed by atoms with E-state index >= 15 is 0 Å². The standard InChI is InChI=1S/C19H20N2O4S2/c1-4-25-18(22)14(3)21-16-7-5-6-8-17(16)26-19(21)20-27(23,24)15-11-9-13(2)10-12-15/h5-12,14H,4H2,1-3H3. The van der Waals surface area contributed by atoms with E-state index in [0.717, 1.165) is 15.8 Å². The number of para-hydroxylation sites is 1. The van der Waals surface area contributed by atoms with Gasteiger partial charge in [-0.25, -0.2) is 4.79 Å². The molecule has 8 heteroatoms. The predicted octanol–water partition coefficient (Wildman–Crippen LogP) is 3.42. The Kier molecular flexibility index (Phi) is 5.48. The number of thiazole rings is 1. The second-order valence-corrected chi connectivity index (χ2v) is 8.64. The van der Waals surface area contributed by atoms with E-state index in [-0.39, 0.29) is 16.3 Å². The summed E-state index contributed by atoms with van der Waals surface area (Å²) in [6.07, 6.45) is 0. The molecule has 1 aromatic heterocycles. The molecule has 0 amide bonds. The lowest BCUT2D eigenvalue weighted by molar-refractivity contribution is -0.146. The van der Waals surface area contributed by atoms with Crippen LogP contribution in [0.2, 0.25) is 0 Å². The van der Waals surface area contributed by atoms with Crippen molar-refractivity contribution in [3.63, 3.8) is 0 Å². The van der Waals surface area contributed by atoms with E-state index in [4.69, 9.17) is 4.74 Å². The number of sulfonamides is 1. The molecule has 0 saturated carbocycles. The number of ether oxygens (including phenoxy) is 1. The van der Waals surface area contributed by atoms with Crippen LogP contribution in [0.5, 0.6) is 0 Å². The molecule has 1 atom stereocenters. The van der Waals surface area contributed by atoms with Gasteiger partial charge in [-0.2, -0.15) is 8.42 Å². The molecule has 0 bridgehead atoms. The molecule has 0 radical (unpaired) electrons. The number of rotatable bonds is 5. The molecule has 0 aliphatic carbocycles. The lowest BCUT2D eigenvalue weighted by Crippen LogP contribution is -2.27. The molecular formula is C19H20N2O4S2. The van der Waals surface area contributed by atoms with Crippen LogP contribution in [0.25, 0.3) is 10.2 Å². The summed E-state index contributed by atoms with van der Waals surface area (Å²) < 4.78 is 37.1. The Morgan fingerprint density at radius 2 is 1.85 bits per heavy atom. The summed E-state index contributed by atoms with van der Waals surface area (Å²) in [6, 6.07) is 13.2. The lowest BCUT2D eigenvalue weighted by atomic mass is 10.2. The number of aryl methyl sites for hydroxylation is 1. The Bertz CT molecular complexity index is 1140. The highest BCUT2D eigenvalue weighted by molar-refractivity contribution is 7.90. The zero-order valence-electron chi connectivity index (χ0n) is 15.2. The molecule has 1 heterocycles. The summed E-state index contributed by atoms with van der Waals surface area (Å²) in [4.78, 5) is 12.6. The summed E-state index contributed by atoms with van der Waals surface area (Å²) >= 11 is 1.22. The normalized spacial score (nSPS) is 13.7. The molecule has 3 aromatic rings. The Morgan fingerprint density at radius 3 is 2.52 bits per heavy atom. The van der Waals surface area contributed by atoms with Crippen LogP contribution in [-0.2, 0) is 19.6 Å². The van der Waals surface area contributed by atoms with Gasteiger partial charge in [0.1, 0.15) is 6.04 Å². The average molecular weight is 405 g/mol. The third-order valence-corrected chi connectivity index (χ3v) is 6.50. The Morgan fingerprint density at radius 1 is 1.19 bits per heavy atom. The summed E-state index contributed by atoms with van der Waals surface area (Å²) in [5.41, 5.74) is 1.70. The van der Waals surface area contributed by atoms with Crippen molar-refractivity contribution in [2.45, 2.75) is 31.7 Å². The quantitative estimate of drug-likeness (QED) is 0.611. The van der Waals surface area contributed by atoms with Crippen LogP contribution in [0.4, 0.5) is 0 Å². The minimum Gasteiger partial charge on any atom is -0.464 e. The minimum atomic E-state index is -3.91. The van der Waals surface area contributed by atoms with Gasteiger partial charge in [-0.15, -0.1) is 4.40 Å². The first kappa shape index (κ1) is 19.3. The molecule has 0 saturated heterocycles. The van der Waals surface area contributed by atoms with Crippen LogP contribution in [0.3, 0.4) is 0 Å². The Hall–Kier alpha value is -2.45. The number of carbonyl (C=O) groups is 1. The van der Waals surface area contributed by atoms with Gasteiger partial charge in [-0.3, -0.25) is 0 Å². The number of benzene rings is 2. The van der Waals surface area contributed by atoms with Crippen LogP contribution >= 0.6 is 11.3 Å². The molecule has 0 aliphatic heterocycles. The molecule has 2 aromatic carbocycles. The zero-order chi connectivity index (χ0) is 19.6. The van der Waals surface area contributed by atoms with Gasteiger partial charge in [0.25, 0.3) is 10.0 Å². The minimum absolute atomic E-state index is 0.112. The van der Waals surface area contributed by atoms with Crippen molar-refractivity contribution in [2.24, 2.45) is 4.40 Å². The van der Waals surface area contributed by atoms with Crippen molar-refractivity contribution >= 4 is 37.5 Å². The highest BCUT2D eigenvalue weighted by Crippen LogP contribution is 2.22. The number of esters is 1. The highest BCUT2D eigenvalue weighted by atomic mass is 32.2. The molecule has 27 heavy (non-hydrogen) atoms. The molecule has 0 N–H and O–H groups in total. The number of carbonyl (C=O) groups excluding carboxylic acids is 1. The van der Waals surface area contributed by atoms with Crippen molar-refractivity contribution in [1.29, 1.82) is 0 Å². The fraction of sp³-hybridized carbons (Fsp3) is 0.263. The van der Waals surface area contributed by atoms with E-state index in [0.29, 0.717) is 0 Å². The summed E-state index contributed by atoms with van der Waals surface area (Å²) in [7, 11) is -3.91. The maximum atomic E-state index is 12.8. The van der Waals surface area contributed by atoms with Crippen molar-refractivity contribution in [1.82, 2.24) is 4.57 Å². The van der Waals surface area contributed by atoms with Crippen molar-refractivity contribution in [3.05, 3.63) is 58.9 Å². The van der Waals surface area contributed by atoms with Gasteiger partial charge in [-0.1, -0.05) is 41.2 Å². The second kappa shape index (κ2) is 7.66. The Balaban J connectivity index is 2.21. The van der Waals surface area contributed by atoms with Gasteiger partial charge in [0, 0.05) is 0 Å². The van der Waals surface area contributed by atoms with Gasteiger partial charge in [0.05, 0.1) is 21.7 Å². The van der Waals surface area contributed by atoms with Gasteiger partial charge in [0.2, 0.25) is 4.80 Å². The van der Waals surface area contributed by atoms with E-state index in [2.05, 4.69) is 4.40 Å². The van der Waals surface area contributed by atoms with E-state index in [9.17, 15) is 13.2 Å². The number of fused-ring (bicyclic) bond motifs is 1. The first-order chi connectivity index (χ1) is 12.8. The topological polar surface area (TPSA) is 77.7 Å². The fourth-order valence-corrected chi connectivity index (χ4v) is 4.96. The first-order valence-corrected chi connectivity index (χ1v) is 10.7. The van der Waals surface area contributed by atoms with Gasteiger partial charge in [0.15, 0.2) is 0 Å². The molecule has 0 aliphatic rings. The van der Waals surface area contributed by atoms with Crippen molar-refractivity contribution in [2.75, 3.05) is 6.61 Å². The van der Waals surface area contributed by atoms with E-state index < -0.39 is 22.0 Å². The maximum absolute atomic E-state index is 12.8. The smallest absolute Gasteiger partial charge is 0.328 e. The van der Waals surface area contributed by atoms with E-state index in [1.807, 2.05) is 31.2 Å². The average Bonchev–Trinajstić information content (AvgIpc) is 2.98. The number of hydrogen-bond donors (Lipinski definition) is 0. The monoisotopic (exact) mass is 404 g/mol. The van der Waals surface area contributed by atoms with Crippen LogP contribution in [0.15, 0.2) is 57.8 Å². The lowest BCUT2D eigenvalue weighted by Gasteiger charge is -2.13.